The second-order valence-electron chi connectivity index (χ2n) is 3.76. The Balaban J connectivity index is 0.00000225. The van der Waals surface area contributed by atoms with Gasteiger partial charge in [-0.05, 0) is 33.2 Å². The zero-order chi connectivity index (χ0) is 11.1. The van der Waals surface area contributed by atoms with Crippen LogP contribution in [0.2, 0.25) is 0 Å². The van der Waals surface area contributed by atoms with Crippen LogP contribution in [0.3, 0.4) is 0 Å². The molecule has 1 aliphatic heterocycles. The summed E-state index contributed by atoms with van der Waals surface area (Å²) in [5.74, 6) is 0.231. The highest BCUT2D eigenvalue weighted by Gasteiger charge is 2.25. The van der Waals surface area contributed by atoms with Crippen LogP contribution in [0.1, 0.15) is 26.7 Å². The van der Waals surface area contributed by atoms with Gasteiger partial charge in [0, 0.05) is 19.7 Å². The van der Waals surface area contributed by atoms with Crippen LogP contribution in [0, 0.1) is 0 Å². The summed E-state index contributed by atoms with van der Waals surface area (Å²) in [7, 11) is 0. The molecule has 16 heavy (non-hydrogen) atoms. The van der Waals surface area contributed by atoms with E-state index in [1.54, 1.807) is 0 Å². The van der Waals surface area contributed by atoms with Gasteiger partial charge in [-0.1, -0.05) is 0 Å². The lowest BCUT2D eigenvalue weighted by atomic mass is 10.2. The van der Waals surface area contributed by atoms with Crippen LogP contribution in [0.15, 0.2) is 0 Å². The first-order valence-corrected chi connectivity index (χ1v) is 5.89. The van der Waals surface area contributed by atoms with E-state index in [2.05, 4.69) is 5.32 Å². The normalized spacial score (nSPS) is 19.2. The van der Waals surface area contributed by atoms with Crippen molar-refractivity contribution in [1.82, 2.24) is 10.2 Å². The van der Waals surface area contributed by atoms with Crippen molar-refractivity contribution in [2.75, 3.05) is 32.8 Å². The lowest BCUT2D eigenvalue weighted by Gasteiger charge is -2.24. The van der Waals surface area contributed by atoms with E-state index in [4.69, 9.17) is 4.74 Å². The van der Waals surface area contributed by atoms with E-state index in [1.807, 2.05) is 18.7 Å². The summed E-state index contributed by atoms with van der Waals surface area (Å²) < 4.78 is 5.26. The minimum absolute atomic E-state index is 0. The van der Waals surface area contributed by atoms with E-state index in [0.29, 0.717) is 19.8 Å². The Morgan fingerprint density at radius 2 is 2.25 bits per heavy atom. The molecule has 1 amide bonds. The van der Waals surface area contributed by atoms with Gasteiger partial charge >= 0.3 is 0 Å². The van der Waals surface area contributed by atoms with Gasteiger partial charge in [-0.15, -0.1) is 12.4 Å². The minimum atomic E-state index is 0. The van der Waals surface area contributed by atoms with Crippen LogP contribution in [0.5, 0.6) is 0 Å². The third-order valence-corrected chi connectivity index (χ3v) is 2.76. The standard InChI is InChI=1S/C11H22N2O2.ClH/c1-3-13(8-9-15-4-2)11(14)10-6-5-7-12-10;/h10,12H,3-9H2,1-2H3;1H/t10-;/m0./s1. The molecule has 1 saturated heterocycles. The molecule has 96 valence electrons. The van der Waals surface area contributed by atoms with Gasteiger partial charge in [0.05, 0.1) is 12.6 Å². The number of hydrogen-bond acceptors (Lipinski definition) is 3. The van der Waals surface area contributed by atoms with Crippen LogP contribution in [-0.4, -0.2) is 49.7 Å². The van der Waals surface area contributed by atoms with Crippen LogP contribution in [0.4, 0.5) is 0 Å². The van der Waals surface area contributed by atoms with Gasteiger partial charge in [-0.2, -0.15) is 0 Å². The Morgan fingerprint density at radius 1 is 1.50 bits per heavy atom. The maximum absolute atomic E-state index is 12.0. The highest BCUT2D eigenvalue weighted by molar-refractivity contribution is 5.85. The number of nitrogens with one attached hydrogen (secondary N) is 1. The first kappa shape index (κ1) is 15.7. The Hall–Kier alpha value is -0.320. The molecule has 4 nitrogen and oxygen atoms in total. The Morgan fingerprint density at radius 3 is 2.75 bits per heavy atom. The fourth-order valence-corrected chi connectivity index (χ4v) is 1.86. The summed E-state index contributed by atoms with van der Waals surface area (Å²) in [6.45, 7) is 7.79. The lowest BCUT2D eigenvalue weighted by Crippen LogP contribution is -2.44. The van der Waals surface area contributed by atoms with Gasteiger partial charge < -0.3 is 15.0 Å². The highest BCUT2D eigenvalue weighted by atomic mass is 35.5. The van der Waals surface area contributed by atoms with E-state index >= 15 is 0 Å². The van der Waals surface area contributed by atoms with Gasteiger partial charge in [0.15, 0.2) is 0 Å². The molecule has 0 radical (unpaired) electrons. The molecule has 0 unspecified atom stereocenters. The summed E-state index contributed by atoms with van der Waals surface area (Å²) >= 11 is 0. The molecule has 0 saturated carbocycles. The van der Waals surface area contributed by atoms with E-state index in [1.165, 1.54) is 0 Å². The quantitative estimate of drug-likeness (QED) is 0.717. The predicted octanol–water partition coefficient (Wildman–Crippen LogP) is 1.05. The number of amides is 1. The van der Waals surface area contributed by atoms with Crippen LogP contribution < -0.4 is 5.32 Å². The van der Waals surface area contributed by atoms with Crippen LogP contribution in [-0.2, 0) is 9.53 Å². The number of halogens is 1. The molecule has 0 aromatic carbocycles. The second kappa shape index (κ2) is 8.79. The van der Waals surface area contributed by atoms with Crippen molar-refractivity contribution in [1.29, 1.82) is 0 Å². The van der Waals surface area contributed by atoms with Gasteiger partial charge in [-0.3, -0.25) is 4.79 Å². The number of nitrogens with zero attached hydrogens (tertiary/aromatic N) is 1. The molecule has 0 bridgehead atoms. The molecule has 0 aromatic heterocycles. The van der Waals surface area contributed by atoms with Crippen LogP contribution in [0.25, 0.3) is 0 Å². The lowest BCUT2D eigenvalue weighted by molar-refractivity contribution is -0.133. The summed E-state index contributed by atoms with van der Waals surface area (Å²) in [6, 6.07) is 0.0478. The molecule has 0 aromatic rings. The maximum atomic E-state index is 12.0. The zero-order valence-electron chi connectivity index (χ0n) is 10.2. The molecule has 1 fully saturated rings. The number of carbonyl (C=O) groups excluding carboxylic acids is 1. The van der Waals surface area contributed by atoms with Crippen LogP contribution >= 0.6 is 12.4 Å². The smallest absolute Gasteiger partial charge is 0.239 e. The Bertz CT molecular complexity index is 196. The topological polar surface area (TPSA) is 41.6 Å². The largest absolute Gasteiger partial charge is 0.380 e. The molecular formula is C11H23ClN2O2. The average Bonchev–Trinajstić information content (AvgIpc) is 2.77. The Kier molecular flexibility index (Phi) is 8.61. The molecule has 1 rings (SSSR count). The molecule has 1 N–H and O–H groups in total. The molecule has 5 heteroatoms. The molecule has 0 aliphatic carbocycles. The fourth-order valence-electron chi connectivity index (χ4n) is 1.86. The number of ether oxygens (including phenoxy) is 1. The zero-order valence-corrected chi connectivity index (χ0v) is 11.0. The summed E-state index contributed by atoms with van der Waals surface area (Å²) in [5, 5.41) is 3.23. The van der Waals surface area contributed by atoms with Crippen molar-refractivity contribution in [3.63, 3.8) is 0 Å². The summed E-state index contributed by atoms with van der Waals surface area (Å²) in [6.07, 6.45) is 2.09. The maximum Gasteiger partial charge on any atom is 0.239 e. The average molecular weight is 251 g/mol. The SMILES string of the molecule is CCOCCN(CC)C(=O)[C@@H]1CCCN1.Cl. The number of hydrogen-bond donors (Lipinski definition) is 1. The molecule has 1 atom stereocenters. The van der Waals surface area contributed by atoms with Crippen molar-refractivity contribution in [2.45, 2.75) is 32.7 Å². The summed E-state index contributed by atoms with van der Waals surface area (Å²) in [4.78, 5) is 13.9. The molecule has 1 aliphatic rings. The fraction of sp³-hybridized carbons (Fsp3) is 0.909. The second-order valence-corrected chi connectivity index (χ2v) is 3.76. The van der Waals surface area contributed by atoms with Gasteiger partial charge in [0.2, 0.25) is 5.91 Å². The third-order valence-electron chi connectivity index (χ3n) is 2.76. The van der Waals surface area contributed by atoms with E-state index in [0.717, 1.165) is 25.9 Å². The first-order chi connectivity index (χ1) is 7.29. The predicted molar refractivity (Wildman–Crippen MR) is 67.0 cm³/mol. The molecule has 0 spiro atoms. The molecule has 1 heterocycles. The van der Waals surface area contributed by atoms with Crippen molar-refractivity contribution >= 4 is 18.3 Å². The van der Waals surface area contributed by atoms with Gasteiger partial charge in [-0.25, -0.2) is 0 Å². The summed E-state index contributed by atoms with van der Waals surface area (Å²) in [5.41, 5.74) is 0. The van der Waals surface area contributed by atoms with Crippen molar-refractivity contribution < 1.29 is 9.53 Å². The minimum Gasteiger partial charge on any atom is -0.380 e. The highest BCUT2D eigenvalue weighted by Crippen LogP contribution is 2.08. The third kappa shape index (κ3) is 4.68. The van der Waals surface area contributed by atoms with E-state index in [-0.39, 0.29) is 24.4 Å². The Labute approximate surface area is 104 Å². The van der Waals surface area contributed by atoms with Gasteiger partial charge in [0.25, 0.3) is 0 Å². The van der Waals surface area contributed by atoms with Crippen molar-refractivity contribution in [2.24, 2.45) is 0 Å². The van der Waals surface area contributed by atoms with E-state index in [9.17, 15) is 4.79 Å². The number of rotatable bonds is 6. The monoisotopic (exact) mass is 250 g/mol. The van der Waals surface area contributed by atoms with Gasteiger partial charge in [0.1, 0.15) is 0 Å². The first-order valence-electron chi connectivity index (χ1n) is 5.89. The number of likely N-dealkylation sites (N-methyl/N-ethyl adjacent to an activating group) is 1. The van der Waals surface area contributed by atoms with Crippen molar-refractivity contribution in [3.05, 3.63) is 0 Å². The number of carbonyl (C=O) groups is 1. The molecular weight excluding hydrogens is 228 g/mol. The van der Waals surface area contributed by atoms with E-state index < -0.39 is 0 Å². The van der Waals surface area contributed by atoms with Crippen molar-refractivity contribution in [3.8, 4) is 0 Å².